The zero-order chi connectivity index (χ0) is 17.7. The lowest BCUT2D eigenvalue weighted by molar-refractivity contribution is -0.136. The molecule has 1 saturated heterocycles. The number of para-hydroxylation sites is 1. The molecule has 130 valence electrons. The Bertz CT molecular complexity index is 788. The van der Waals surface area contributed by atoms with Crippen molar-refractivity contribution in [3.8, 4) is 0 Å². The highest BCUT2D eigenvalue weighted by molar-refractivity contribution is 6.09. The molecule has 0 bridgehead atoms. The maximum atomic E-state index is 13.0. The van der Waals surface area contributed by atoms with Crippen LogP contribution in [-0.2, 0) is 4.79 Å². The van der Waals surface area contributed by atoms with Gasteiger partial charge in [0.15, 0.2) is 12.2 Å². The molecular formula is C18H21N5O2. The van der Waals surface area contributed by atoms with Crippen LogP contribution in [0.5, 0.6) is 0 Å². The monoisotopic (exact) mass is 339 g/mol. The molecule has 4 rings (SSSR count). The third-order valence-electron chi connectivity index (χ3n) is 4.85. The molecule has 3 heterocycles. The molecule has 0 saturated carbocycles. The van der Waals surface area contributed by atoms with Gasteiger partial charge in [-0.05, 0) is 25.5 Å². The van der Waals surface area contributed by atoms with E-state index in [0.29, 0.717) is 12.5 Å². The molecule has 2 atom stereocenters. The Balaban J connectivity index is 1.73. The van der Waals surface area contributed by atoms with Crippen LogP contribution in [0.25, 0.3) is 0 Å². The number of guanidine groups is 1. The maximum Gasteiger partial charge on any atom is 0.328 e. The number of hydrogen-bond donors (Lipinski definition) is 0. The largest absolute Gasteiger partial charge is 0.328 e. The number of imide groups is 1. The number of anilines is 1. The average Bonchev–Trinajstić information content (AvgIpc) is 3.12. The van der Waals surface area contributed by atoms with Gasteiger partial charge in [-0.3, -0.25) is 14.6 Å². The normalized spacial score (nSPS) is 25.2. The summed E-state index contributed by atoms with van der Waals surface area (Å²) in [6.45, 7) is 4.38. The summed E-state index contributed by atoms with van der Waals surface area (Å²) >= 11 is 0. The number of urea groups is 1. The van der Waals surface area contributed by atoms with Crippen molar-refractivity contribution >= 4 is 23.6 Å². The van der Waals surface area contributed by atoms with E-state index in [9.17, 15) is 9.59 Å². The minimum Gasteiger partial charge on any atom is -0.302 e. The molecule has 7 heteroatoms. The summed E-state index contributed by atoms with van der Waals surface area (Å²) in [4.78, 5) is 37.0. The fourth-order valence-electron chi connectivity index (χ4n) is 3.68. The minimum absolute atomic E-state index is 0.173. The standard InChI is InChI=1S/C18H21N5O2/c1-4-10-21-16(24)14-15(20(3)18(21)25)19-17-22(14)11-12(2)23(17)13-8-6-5-7-9-13/h5-9,11,14-15H,4,10H2,1-3H3. The van der Waals surface area contributed by atoms with Crippen LogP contribution in [0, 0.1) is 0 Å². The lowest BCUT2D eigenvalue weighted by Crippen LogP contribution is -2.64. The van der Waals surface area contributed by atoms with Crippen LogP contribution in [0.2, 0.25) is 0 Å². The molecular weight excluding hydrogens is 318 g/mol. The van der Waals surface area contributed by atoms with E-state index in [1.165, 1.54) is 4.90 Å². The van der Waals surface area contributed by atoms with Crippen LogP contribution in [-0.4, -0.2) is 58.4 Å². The number of amides is 3. The summed E-state index contributed by atoms with van der Waals surface area (Å²) < 4.78 is 0. The number of nitrogens with zero attached hydrogens (tertiary/aromatic N) is 5. The minimum atomic E-state index is -0.493. The number of carbonyl (C=O) groups is 2. The van der Waals surface area contributed by atoms with E-state index >= 15 is 0 Å². The topological polar surface area (TPSA) is 59.5 Å². The van der Waals surface area contributed by atoms with Crippen LogP contribution in [0.4, 0.5) is 10.5 Å². The Labute approximate surface area is 146 Å². The first-order valence-corrected chi connectivity index (χ1v) is 8.52. The predicted molar refractivity (Wildman–Crippen MR) is 94.7 cm³/mol. The van der Waals surface area contributed by atoms with Crippen molar-refractivity contribution in [1.29, 1.82) is 0 Å². The molecule has 1 aromatic carbocycles. The van der Waals surface area contributed by atoms with Gasteiger partial charge in [0.2, 0.25) is 5.96 Å². The van der Waals surface area contributed by atoms with Gasteiger partial charge >= 0.3 is 6.03 Å². The third kappa shape index (κ3) is 2.15. The number of allylic oxidation sites excluding steroid dienone is 1. The number of fused-ring (bicyclic) bond motifs is 3. The zero-order valence-corrected chi connectivity index (χ0v) is 14.6. The lowest BCUT2D eigenvalue weighted by atomic mass is 10.1. The molecule has 3 aliphatic rings. The van der Waals surface area contributed by atoms with Gasteiger partial charge < -0.3 is 9.80 Å². The van der Waals surface area contributed by atoms with Crippen LogP contribution >= 0.6 is 0 Å². The van der Waals surface area contributed by atoms with E-state index in [1.54, 1.807) is 11.9 Å². The molecule has 0 radical (unpaired) electrons. The van der Waals surface area contributed by atoms with E-state index in [4.69, 9.17) is 4.99 Å². The number of aliphatic imine (C=N–C) groups is 1. The Morgan fingerprint density at radius 3 is 2.56 bits per heavy atom. The molecule has 3 amide bonds. The quantitative estimate of drug-likeness (QED) is 0.845. The number of benzene rings is 1. The molecule has 7 nitrogen and oxygen atoms in total. The zero-order valence-electron chi connectivity index (χ0n) is 14.6. The second-order valence-corrected chi connectivity index (χ2v) is 6.52. The van der Waals surface area contributed by atoms with E-state index in [0.717, 1.165) is 17.8 Å². The first-order chi connectivity index (χ1) is 12.0. The van der Waals surface area contributed by atoms with Crippen molar-refractivity contribution in [3.05, 3.63) is 42.2 Å². The van der Waals surface area contributed by atoms with Crippen molar-refractivity contribution in [2.75, 3.05) is 18.5 Å². The summed E-state index contributed by atoms with van der Waals surface area (Å²) in [6, 6.07) is 9.15. The molecule has 0 aliphatic carbocycles. The van der Waals surface area contributed by atoms with Crippen molar-refractivity contribution in [2.24, 2.45) is 4.99 Å². The van der Waals surface area contributed by atoms with Gasteiger partial charge in [-0.1, -0.05) is 25.1 Å². The third-order valence-corrected chi connectivity index (χ3v) is 4.85. The van der Waals surface area contributed by atoms with Gasteiger partial charge in [0.25, 0.3) is 5.91 Å². The summed E-state index contributed by atoms with van der Waals surface area (Å²) in [7, 11) is 1.71. The summed E-state index contributed by atoms with van der Waals surface area (Å²) in [6.07, 6.45) is 2.20. The number of likely N-dealkylation sites (N-methyl/N-ethyl adjacent to an activating group) is 1. The summed E-state index contributed by atoms with van der Waals surface area (Å²) in [5, 5.41) is 0. The van der Waals surface area contributed by atoms with Crippen LogP contribution in [0.3, 0.4) is 0 Å². The summed E-state index contributed by atoms with van der Waals surface area (Å²) in [5.74, 6) is 0.526. The average molecular weight is 339 g/mol. The molecule has 3 aliphatic heterocycles. The lowest BCUT2D eigenvalue weighted by Gasteiger charge is -2.40. The van der Waals surface area contributed by atoms with Gasteiger partial charge in [0, 0.05) is 31.2 Å². The maximum absolute atomic E-state index is 13.0. The molecule has 1 fully saturated rings. The van der Waals surface area contributed by atoms with Crippen molar-refractivity contribution in [3.63, 3.8) is 0 Å². The Morgan fingerprint density at radius 1 is 1.16 bits per heavy atom. The van der Waals surface area contributed by atoms with Crippen LogP contribution in [0.15, 0.2) is 47.2 Å². The highest BCUT2D eigenvalue weighted by Crippen LogP contribution is 2.36. The summed E-state index contributed by atoms with van der Waals surface area (Å²) in [5.41, 5.74) is 1.99. The van der Waals surface area contributed by atoms with Crippen LogP contribution in [0.1, 0.15) is 20.3 Å². The Kier molecular flexibility index (Phi) is 3.52. The fraction of sp³-hybridized carbons (Fsp3) is 0.389. The molecule has 25 heavy (non-hydrogen) atoms. The second-order valence-electron chi connectivity index (χ2n) is 6.52. The number of carbonyl (C=O) groups excluding carboxylic acids is 2. The smallest absolute Gasteiger partial charge is 0.302 e. The van der Waals surface area contributed by atoms with Gasteiger partial charge in [-0.15, -0.1) is 0 Å². The van der Waals surface area contributed by atoms with E-state index in [2.05, 4.69) is 0 Å². The molecule has 0 N–H and O–H groups in total. The Morgan fingerprint density at radius 2 is 1.88 bits per heavy atom. The van der Waals surface area contributed by atoms with Gasteiger partial charge in [0.05, 0.1) is 0 Å². The second kappa shape index (κ2) is 5.61. The molecule has 2 unspecified atom stereocenters. The van der Waals surface area contributed by atoms with Crippen molar-refractivity contribution in [2.45, 2.75) is 32.5 Å². The Hall–Kier alpha value is -2.83. The van der Waals surface area contributed by atoms with Gasteiger partial charge in [0.1, 0.15) is 0 Å². The van der Waals surface area contributed by atoms with Crippen molar-refractivity contribution < 1.29 is 9.59 Å². The highest BCUT2D eigenvalue weighted by atomic mass is 16.2. The van der Waals surface area contributed by atoms with E-state index in [-0.39, 0.29) is 11.9 Å². The number of hydrogen-bond acceptors (Lipinski definition) is 5. The van der Waals surface area contributed by atoms with Crippen molar-refractivity contribution in [1.82, 2.24) is 14.7 Å². The van der Waals surface area contributed by atoms with Gasteiger partial charge in [-0.2, -0.15) is 0 Å². The van der Waals surface area contributed by atoms with E-state index in [1.807, 2.05) is 60.2 Å². The molecule has 0 spiro atoms. The number of rotatable bonds is 3. The predicted octanol–water partition coefficient (Wildman–Crippen LogP) is 2.04. The first kappa shape index (κ1) is 15.7. The first-order valence-electron chi connectivity index (χ1n) is 8.52. The SMILES string of the molecule is CCCN1C(=O)C2C(N=C3N(c4ccccc4)C(C)=CN32)N(C)C1=O. The van der Waals surface area contributed by atoms with Gasteiger partial charge in [-0.25, -0.2) is 9.79 Å². The fourth-order valence-corrected chi connectivity index (χ4v) is 3.68. The van der Waals surface area contributed by atoms with Crippen LogP contribution < -0.4 is 4.90 Å². The molecule has 0 aromatic heterocycles. The highest BCUT2D eigenvalue weighted by Gasteiger charge is 2.54. The van der Waals surface area contributed by atoms with E-state index < -0.39 is 12.2 Å². The molecule has 1 aromatic rings.